The molecule has 0 saturated carbocycles. The van der Waals surface area contributed by atoms with Gasteiger partial charge < -0.3 is 5.32 Å². The molecule has 3 aromatic heterocycles. The first-order chi connectivity index (χ1) is 13.9. The molecule has 0 atom stereocenters. The summed E-state index contributed by atoms with van der Waals surface area (Å²) in [6, 6.07) is 5.54. The van der Waals surface area contributed by atoms with E-state index in [1.807, 2.05) is 0 Å². The number of rotatable bonds is 5. The minimum Gasteiger partial charge on any atom is -0.312 e. The molecule has 148 valence electrons. The van der Waals surface area contributed by atoms with E-state index < -0.39 is 0 Å². The summed E-state index contributed by atoms with van der Waals surface area (Å²) in [6.07, 6.45) is 3.80. The number of amides is 1. The Labute approximate surface area is 173 Å². The van der Waals surface area contributed by atoms with Crippen molar-refractivity contribution in [3.63, 3.8) is 0 Å². The zero-order chi connectivity index (χ0) is 20.5. The van der Waals surface area contributed by atoms with E-state index >= 15 is 0 Å². The molecule has 1 aliphatic rings. The van der Waals surface area contributed by atoms with Crippen LogP contribution in [0.1, 0.15) is 31.2 Å². The predicted octanol–water partition coefficient (Wildman–Crippen LogP) is 3.13. The average molecular weight is 428 g/mol. The van der Waals surface area contributed by atoms with Gasteiger partial charge in [0.05, 0.1) is 22.2 Å². The van der Waals surface area contributed by atoms with Crippen molar-refractivity contribution < 1.29 is 9.72 Å². The lowest BCUT2D eigenvalue weighted by molar-refractivity contribution is -0.380. The van der Waals surface area contributed by atoms with E-state index in [4.69, 9.17) is 0 Å². The topological polar surface area (TPSA) is 117 Å². The molecule has 0 saturated heterocycles. The molecular formula is C18H16N6O3S2. The third kappa shape index (κ3) is 3.91. The van der Waals surface area contributed by atoms with Gasteiger partial charge >= 0.3 is 5.00 Å². The largest absolute Gasteiger partial charge is 0.324 e. The first-order valence-corrected chi connectivity index (χ1v) is 10.4. The maximum absolute atomic E-state index is 12.4. The lowest BCUT2D eigenvalue weighted by atomic mass is 10.0. The van der Waals surface area contributed by atoms with Crippen LogP contribution >= 0.6 is 22.7 Å². The number of thiophene rings is 2. The molecule has 11 heteroatoms. The van der Waals surface area contributed by atoms with Gasteiger partial charge in [-0.05, 0) is 18.1 Å². The fourth-order valence-electron chi connectivity index (χ4n) is 3.28. The first-order valence-electron chi connectivity index (χ1n) is 8.74. The van der Waals surface area contributed by atoms with Crippen LogP contribution in [0.3, 0.4) is 0 Å². The molecule has 0 aliphatic carbocycles. The molecule has 9 nitrogen and oxygen atoms in total. The van der Waals surface area contributed by atoms with Crippen molar-refractivity contribution in [3.05, 3.63) is 61.1 Å². The molecule has 1 amide bonds. The molecule has 1 N–H and O–H groups in total. The van der Waals surface area contributed by atoms with E-state index in [0.29, 0.717) is 35.6 Å². The van der Waals surface area contributed by atoms with Crippen LogP contribution in [0.2, 0.25) is 0 Å². The minimum absolute atomic E-state index is 0.140. The number of anilines is 1. The molecular weight excluding hydrogens is 412 g/mol. The Morgan fingerprint density at radius 3 is 2.93 bits per heavy atom. The number of carbonyl (C=O) groups is 1. The van der Waals surface area contributed by atoms with Crippen LogP contribution in [0.4, 0.5) is 10.0 Å². The van der Waals surface area contributed by atoms with Crippen molar-refractivity contribution in [3.8, 4) is 6.07 Å². The van der Waals surface area contributed by atoms with Crippen LogP contribution in [0.25, 0.3) is 0 Å². The Morgan fingerprint density at radius 2 is 2.28 bits per heavy atom. The summed E-state index contributed by atoms with van der Waals surface area (Å²) in [7, 11) is 1.73. The number of hydrogen-bond donors (Lipinski definition) is 1. The van der Waals surface area contributed by atoms with Crippen molar-refractivity contribution in [2.24, 2.45) is 7.05 Å². The Hall–Kier alpha value is -3.07. The smallest absolute Gasteiger partial charge is 0.312 e. The molecule has 0 radical (unpaired) electrons. The molecule has 0 spiro atoms. The lowest BCUT2D eigenvalue weighted by Gasteiger charge is -2.26. The maximum atomic E-state index is 12.4. The highest BCUT2D eigenvalue weighted by molar-refractivity contribution is 7.16. The Morgan fingerprint density at radius 1 is 1.45 bits per heavy atom. The van der Waals surface area contributed by atoms with E-state index in [1.165, 1.54) is 34.9 Å². The minimum atomic E-state index is -0.377. The number of nitrogens with zero attached hydrogens (tertiary/aromatic N) is 5. The van der Waals surface area contributed by atoms with Crippen LogP contribution in [0, 0.1) is 21.4 Å². The fourth-order valence-corrected chi connectivity index (χ4v) is 5.38. The number of aromatic nitrogens is 2. The van der Waals surface area contributed by atoms with Gasteiger partial charge in [0.25, 0.3) is 5.91 Å². The van der Waals surface area contributed by atoms with Gasteiger partial charge in [-0.15, -0.1) is 11.3 Å². The highest BCUT2D eigenvalue weighted by atomic mass is 32.1. The summed E-state index contributed by atoms with van der Waals surface area (Å²) in [6.45, 7) is 2.01. The van der Waals surface area contributed by atoms with Gasteiger partial charge in [-0.3, -0.25) is 24.5 Å². The van der Waals surface area contributed by atoms with Crippen molar-refractivity contribution in [2.45, 2.75) is 19.5 Å². The first kappa shape index (κ1) is 19.3. The van der Waals surface area contributed by atoms with Gasteiger partial charge in [0.1, 0.15) is 11.1 Å². The van der Waals surface area contributed by atoms with Gasteiger partial charge in [0.2, 0.25) is 0 Å². The average Bonchev–Trinajstić information content (AvgIpc) is 3.39. The quantitative estimate of drug-likeness (QED) is 0.493. The van der Waals surface area contributed by atoms with E-state index in [2.05, 4.69) is 21.4 Å². The number of nitriles is 1. The third-order valence-electron chi connectivity index (χ3n) is 4.65. The fraction of sp³-hybridized carbons (Fsp3) is 0.278. The lowest BCUT2D eigenvalue weighted by Crippen LogP contribution is -2.29. The highest BCUT2D eigenvalue weighted by Crippen LogP contribution is 2.37. The summed E-state index contributed by atoms with van der Waals surface area (Å²) < 4.78 is 1.55. The highest BCUT2D eigenvalue weighted by Gasteiger charge is 2.26. The maximum Gasteiger partial charge on any atom is 0.324 e. The molecule has 0 aromatic carbocycles. The van der Waals surface area contributed by atoms with Gasteiger partial charge in [-0.2, -0.15) is 10.4 Å². The molecule has 4 heterocycles. The molecule has 4 rings (SSSR count). The molecule has 0 bridgehead atoms. The van der Waals surface area contributed by atoms with E-state index in [0.717, 1.165) is 21.9 Å². The van der Waals surface area contributed by atoms with Gasteiger partial charge in [0.15, 0.2) is 0 Å². The van der Waals surface area contributed by atoms with E-state index in [1.54, 1.807) is 24.0 Å². The van der Waals surface area contributed by atoms with Crippen molar-refractivity contribution in [1.29, 1.82) is 5.26 Å². The normalized spacial score (nSPS) is 13.7. The van der Waals surface area contributed by atoms with Crippen LogP contribution in [0.15, 0.2) is 24.5 Å². The van der Waals surface area contributed by atoms with Gasteiger partial charge in [-0.25, -0.2) is 0 Å². The molecule has 1 aliphatic heterocycles. The summed E-state index contributed by atoms with van der Waals surface area (Å²) in [4.78, 5) is 27.1. The third-order valence-corrected chi connectivity index (χ3v) is 6.80. The van der Waals surface area contributed by atoms with Crippen molar-refractivity contribution in [2.75, 3.05) is 11.9 Å². The number of hydrogen-bond acceptors (Lipinski definition) is 8. The van der Waals surface area contributed by atoms with Crippen molar-refractivity contribution in [1.82, 2.24) is 14.7 Å². The Balaban J connectivity index is 1.50. The monoisotopic (exact) mass is 428 g/mol. The second-order valence-electron chi connectivity index (χ2n) is 6.63. The number of aryl methyl sites for hydroxylation is 1. The SMILES string of the molecule is Cn1cc(C(=O)Nc2sc3c(c2C#N)CCN(Cc2ccc([N+](=O)[O-])s2)C3)cn1. The zero-order valence-electron chi connectivity index (χ0n) is 15.4. The second-order valence-corrected chi connectivity index (χ2v) is 8.89. The summed E-state index contributed by atoms with van der Waals surface area (Å²) >= 11 is 2.59. The number of carbonyl (C=O) groups excluding carboxylic acids is 1. The van der Waals surface area contributed by atoms with Crippen LogP contribution in [0.5, 0.6) is 0 Å². The standard InChI is InChI=1S/C18H16N6O3S2/c1-22-8-11(7-20-22)17(25)21-18-14(6-19)13-4-5-23(10-15(13)29-18)9-12-2-3-16(28-12)24(26)27/h2-3,7-8H,4-5,9-10H2,1H3,(H,21,25). The molecule has 3 aromatic rings. The van der Waals surface area contributed by atoms with Gasteiger partial charge in [-0.1, -0.05) is 11.3 Å². The summed E-state index contributed by atoms with van der Waals surface area (Å²) in [5.41, 5.74) is 1.93. The number of nitro groups is 1. The molecule has 29 heavy (non-hydrogen) atoms. The van der Waals surface area contributed by atoms with Crippen LogP contribution < -0.4 is 5.32 Å². The zero-order valence-corrected chi connectivity index (χ0v) is 17.0. The molecule has 0 fully saturated rings. The van der Waals surface area contributed by atoms with Gasteiger partial charge in [0, 0.05) is 48.7 Å². The summed E-state index contributed by atoms with van der Waals surface area (Å²) in [5.74, 6) is -0.295. The van der Waals surface area contributed by atoms with E-state index in [-0.39, 0.29) is 15.8 Å². The number of nitrogens with one attached hydrogen (secondary N) is 1. The Kier molecular flexibility index (Phi) is 5.14. The van der Waals surface area contributed by atoms with Crippen LogP contribution in [-0.4, -0.2) is 32.1 Å². The number of fused-ring (bicyclic) bond motifs is 1. The summed E-state index contributed by atoms with van der Waals surface area (Å²) in [5, 5.41) is 28.0. The van der Waals surface area contributed by atoms with E-state index in [9.17, 15) is 20.2 Å². The van der Waals surface area contributed by atoms with Crippen LogP contribution in [-0.2, 0) is 26.6 Å². The van der Waals surface area contributed by atoms with Crippen molar-refractivity contribution >= 4 is 38.6 Å². The molecule has 0 unspecified atom stereocenters. The Bertz CT molecular complexity index is 1140. The second kappa shape index (κ2) is 7.75. The predicted molar refractivity (Wildman–Crippen MR) is 109 cm³/mol.